The summed E-state index contributed by atoms with van der Waals surface area (Å²) in [5.74, 6) is 0.825. The van der Waals surface area contributed by atoms with Gasteiger partial charge in [-0.3, -0.25) is 0 Å². The number of phenols is 1. The van der Waals surface area contributed by atoms with Crippen LogP contribution in [-0.2, 0) is 6.42 Å². The zero-order chi connectivity index (χ0) is 10.1. The summed E-state index contributed by atoms with van der Waals surface area (Å²) in [4.78, 5) is 0. The number of hydrogen-bond acceptors (Lipinski definition) is 2. The summed E-state index contributed by atoms with van der Waals surface area (Å²) in [6, 6.07) is 4.22. The molecule has 0 saturated heterocycles. The van der Waals surface area contributed by atoms with Crippen LogP contribution in [0, 0.1) is 0 Å². The zero-order valence-electron chi connectivity index (χ0n) is 8.96. The van der Waals surface area contributed by atoms with Crippen LogP contribution in [0.25, 0.3) is 0 Å². The average Bonchev–Trinajstić information content (AvgIpc) is 2.19. The van der Waals surface area contributed by atoms with Crippen molar-refractivity contribution in [3.05, 3.63) is 23.3 Å². The summed E-state index contributed by atoms with van der Waals surface area (Å²) in [5.41, 5.74) is 2.53. The number of methoxy groups -OCH3 is 1. The van der Waals surface area contributed by atoms with Crippen LogP contribution >= 0.6 is 0 Å². The molecule has 3 N–H and O–H groups in total. The lowest BCUT2D eigenvalue weighted by Gasteiger charge is -2.21. The molecule has 1 heterocycles. The Morgan fingerprint density at radius 2 is 2.12 bits per heavy atom. The van der Waals surface area contributed by atoms with Gasteiger partial charge in [-0.05, 0) is 24.6 Å². The monoisotopic (exact) mass is 245 g/mol. The van der Waals surface area contributed by atoms with Gasteiger partial charge in [0, 0.05) is 12.0 Å². The van der Waals surface area contributed by atoms with E-state index in [-0.39, 0.29) is 25.6 Å². The Labute approximate surface area is 103 Å². The van der Waals surface area contributed by atoms with Gasteiger partial charge in [0.25, 0.3) is 0 Å². The number of ether oxygens (including phenoxy) is 1. The minimum atomic E-state index is 0. The van der Waals surface area contributed by atoms with Gasteiger partial charge in [0.2, 0.25) is 0 Å². The van der Waals surface area contributed by atoms with Crippen LogP contribution < -0.4 is 22.5 Å². The fourth-order valence-electron chi connectivity index (χ4n) is 2.05. The molecular formula is C12H20ClNO2. The first-order valence-corrected chi connectivity index (χ1v) is 4.95. The molecule has 0 saturated carbocycles. The lowest BCUT2D eigenvalue weighted by Crippen LogP contribution is -3.00. The lowest BCUT2D eigenvalue weighted by molar-refractivity contribution is -0.695. The Hall–Kier alpha value is -0.930. The predicted molar refractivity (Wildman–Crippen MR) is 60.3 cm³/mol. The van der Waals surface area contributed by atoms with Crippen molar-refractivity contribution < 1.29 is 27.6 Å². The average molecular weight is 246 g/mol. The Morgan fingerprint density at radius 3 is 2.75 bits per heavy atom. The number of hydrogen-bond donors (Lipinski definition) is 2. The van der Waals surface area contributed by atoms with E-state index in [1.54, 1.807) is 7.11 Å². The SMILES string of the molecule is C.COc1cc2c(cc1O)C(C)[NH2+]CC2.[Cl-]. The molecule has 0 aliphatic carbocycles. The maximum Gasteiger partial charge on any atom is 0.160 e. The molecule has 1 aromatic carbocycles. The third-order valence-corrected chi connectivity index (χ3v) is 2.87. The Bertz CT molecular complexity index is 355. The maximum atomic E-state index is 9.65. The molecule has 1 aromatic rings. The third kappa shape index (κ3) is 2.60. The molecule has 1 aliphatic rings. The van der Waals surface area contributed by atoms with E-state index in [0.717, 1.165) is 13.0 Å². The fourth-order valence-corrected chi connectivity index (χ4v) is 2.05. The fraction of sp³-hybridized carbons (Fsp3) is 0.500. The van der Waals surface area contributed by atoms with Crippen LogP contribution in [0.1, 0.15) is 31.5 Å². The first kappa shape index (κ1) is 15.1. The quantitative estimate of drug-likeness (QED) is 0.615. The predicted octanol–water partition coefficient (Wildman–Crippen LogP) is -1.78. The van der Waals surface area contributed by atoms with E-state index < -0.39 is 0 Å². The van der Waals surface area contributed by atoms with Crippen molar-refractivity contribution in [2.45, 2.75) is 26.8 Å². The van der Waals surface area contributed by atoms with E-state index in [2.05, 4.69) is 12.2 Å². The van der Waals surface area contributed by atoms with Crippen LogP contribution in [-0.4, -0.2) is 18.8 Å². The van der Waals surface area contributed by atoms with Crippen molar-refractivity contribution in [2.24, 2.45) is 0 Å². The van der Waals surface area contributed by atoms with Crippen LogP contribution in [0.4, 0.5) is 0 Å². The summed E-state index contributed by atoms with van der Waals surface area (Å²) in [6.45, 7) is 3.27. The normalized spacial score (nSPS) is 17.8. The van der Waals surface area contributed by atoms with Crippen molar-refractivity contribution in [1.82, 2.24) is 0 Å². The molecular weight excluding hydrogens is 226 g/mol. The second kappa shape index (κ2) is 5.97. The van der Waals surface area contributed by atoms with Gasteiger partial charge in [-0.1, -0.05) is 7.43 Å². The molecule has 1 aliphatic heterocycles. The van der Waals surface area contributed by atoms with Crippen LogP contribution in [0.2, 0.25) is 0 Å². The smallest absolute Gasteiger partial charge is 0.160 e. The van der Waals surface area contributed by atoms with Gasteiger partial charge in [-0.15, -0.1) is 0 Å². The minimum absolute atomic E-state index is 0. The molecule has 0 bridgehead atoms. The van der Waals surface area contributed by atoms with E-state index in [1.807, 2.05) is 12.1 Å². The van der Waals surface area contributed by atoms with Gasteiger partial charge < -0.3 is 27.6 Å². The van der Waals surface area contributed by atoms with Gasteiger partial charge in [0.15, 0.2) is 11.5 Å². The highest BCUT2D eigenvalue weighted by Gasteiger charge is 2.21. The molecule has 0 spiro atoms. The van der Waals surface area contributed by atoms with Crippen molar-refractivity contribution in [1.29, 1.82) is 0 Å². The molecule has 1 atom stereocenters. The second-order valence-electron chi connectivity index (χ2n) is 3.79. The minimum Gasteiger partial charge on any atom is -1.00 e. The molecule has 1 unspecified atom stereocenters. The standard InChI is InChI=1S/C11H15NO2.CH4.ClH/c1-7-9-6-10(13)11(14-2)5-8(9)3-4-12-7;;/h5-7,12-13H,3-4H2,1-2H3;1H4;1H. The van der Waals surface area contributed by atoms with Gasteiger partial charge in [-0.25, -0.2) is 0 Å². The Morgan fingerprint density at radius 1 is 1.44 bits per heavy atom. The molecule has 2 rings (SSSR count). The number of quaternary nitrogens is 1. The van der Waals surface area contributed by atoms with Crippen molar-refractivity contribution in [3.63, 3.8) is 0 Å². The number of aromatic hydroxyl groups is 1. The van der Waals surface area contributed by atoms with Crippen LogP contribution in [0.3, 0.4) is 0 Å². The number of benzene rings is 1. The van der Waals surface area contributed by atoms with Crippen LogP contribution in [0.5, 0.6) is 11.5 Å². The molecule has 16 heavy (non-hydrogen) atoms. The number of phenolic OH excluding ortho intramolecular Hbond substituents is 1. The zero-order valence-corrected chi connectivity index (χ0v) is 9.71. The second-order valence-corrected chi connectivity index (χ2v) is 3.79. The van der Waals surface area contributed by atoms with E-state index in [1.165, 1.54) is 11.1 Å². The number of rotatable bonds is 1. The van der Waals surface area contributed by atoms with Gasteiger partial charge in [0.05, 0.1) is 13.7 Å². The topological polar surface area (TPSA) is 46.1 Å². The number of fused-ring (bicyclic) bond motifs is 1. The maximum absolute atomic E-state index is 9.65. The molecule has 4 heteroatoms. The summed E-state index contributed by atoms with van der Waals surface area (Å²) in [6.07, 6.45) is 1.05. The Balaban J connectivity index is 0.00000112. The lowest BCUT2D eigenvalue weighted by atomic mass is 9.95. The van der Waals surface area contributed by atoms with Crippen molar-refractivity contribution in [2.75, 3.05) is 13.7 Å². The van der Waals surface area contributed by atoms with E-state index in [9.17, 15) is 5.11 Å². The molecule has 0 aromatic heterocycles. The first-order chi connectivity index (χ1) is 6.72. The van der Waals surface area contributed by atoms with E-state index >= 15 is 0 Å². The highest BCUT2D eigenvalue weighted by Crippen LogP contribution is 2.32. The molecule has 0 amide bonds. The summed E-state index contributed by atoms with van der Waals surface area (Å²) >= 11 is 0. The summed E-state index contributed by atoms with van der Waals surface area (Å²) in [5, 5.41) is 11.9. The Kier molecular flexibility index (Phi) is 5.62. The molecule has 0 radical (unpaired) electrons. The molecule has 0 fully saturated rings. The van der Waals surface area contributed by atoms with Crippen molar-refractivity contribution in [3.8, 4) is 11.5 Å². The number of nitrogens with two attached hydrogens (primary N) is 1. The summed E-state index contributed by atoms with van der Waals surface area (Å²) < 4.78 is 5.09. The van der Waals surface area contributed by atoms with E-state index in [0.29, 0.717) is 11.8 Å². The van der Waals surface area contributed by atoms with Crippen LogP contribution in [0.15, 0.2) is 12.1 Å². The van der Waals surface area contributed by atoms with E-state index in [4.69, 9.17) is 4.74 Å². The third-order valence-electron chi connectivity index (χ3n) is 2.87. The van der Waals surface area contributed by atoms with Crippen molar-refractivity contribution >= 4 is 0 Å². The number of halogens is 1. The highest BCUT2D eigenvalue weighted by atomic mass is 35.5. The van der Waals surface area contributed by atoms with Gasteiger partial charge in [0.1, 0.15) is 6.04 Å². The van der Waals surface area contributed by atoms with Gasteiger partial charge in [-0.2, -0.15) is 0 Å². The summed E-state index contributed by atoms with van der Waals surface area (Å²) in [7, 11) is 1.58. The first-order valence-electron chi connectivity index (χ1n) is 4.95. The highest BCUT2D eigenvalue weighted by molar-refractivity contribution is 5.47. The van der Waals surface area contributed by atoms with Gasteiger partial charge >= 0.3 is 0 Å². The molecule has 3 nitrogen and oxygen atoms in total. The molecule has 92 valence electrons. The largest absolute Gasteiger partial charge is 1.00 e.